The zero-order valence-corrected chi connectivity index (χ0v) is 15.8. The number of aromatic nitrogens is 2. The average molecular weight is 395 g/mol. The monoisotopic (exact) mass is 394 g/mol. The van der Waals surface area contributed by atoms with Crippen LogP contribution in [0.4, 0.5) is 17.3 Å². The van der Waals surface area contributed by atoms with Crippen LogP contribution in [0, 0.1) is 13.8 Å². The summed E-state index contributed by atoms with van der Waals surface area (Å²) in [6.45, 7) is 3.77. The summed E-state index contributed by atoms with van der Waals surface area (Å²) in [7, 11) is -3.65. The highest BCUT2D eigenvalue weighted by atomic mass is 35.5. The molecule has 2 N–H and O–H groups in total. The molecule has 0 fully saturated rings. The second kappa shape index (κ2) is 6.99. The Kier molecular flexibility index (Phi) is 4.94. The number of halogens is 1. The van der Waals surface area contributed by atoms with Gasteiger partial charge in [0.2, 0.25) is 0 Å². The van der Waals surface area contributed by atoms with E-state index in [0.717, 1.165) is 16.1 Å². The minimum atomic E-state index is -3.65. The van der Waals surface area contributed by atoms with Crippen LogP contribution in [-0.4, -0.2) is 18.6 Å². The molecule has 0 atom stereocenters. The van der Waals surface area contributed by atoms with Crippen LogP contribution in [0.25, 0.3) is 0 Å². The van der Waals surface area contributed by atoms with Gasteiger partial charge in [-0.05, 0) is 55.8 Å². The van der Waals surface area contributed by atoms with E-state index in [0.29, 0.717) is 10.8 Å². The first-order valence-electron chi connectivity index (χ1n) is 7.30. The van der Waals surface area contributed by atoms with E-state index in [4.69, 9.17) is 11.6 Å². The van der Waals surface area contributed by atoms with Crippen molar-refractivity contribution in [3.63, 3.8) is 0 Å². The molecular weight excluding hydrogens is 380 g/mol. The molecular formula is C16H15ClN4O2S2. The van der Waals surface area contributed by atoms with Crippen LogP contribution < -0.4 is 10.0 Å². The number of thiophene rings is 1. The van der Waals surface area contributed by atoms with Crippen LogP contribution in [0.3, 0.4) is 0 Å². The number of benzene rings is 1. The lowest BCUT2D eigenvalue weighted by Crippen LogP contribution is -2.13. The second-order valence-corrected chi connectivity index (χ2v) is 8.97. The molecule has 0 saturated heterocycles. The quantitative estimate of drug-likeness (QED) is 0.671. The van der Waals surface area contributed by atoms with Gasteiger partial charge in [0.05, 0.1) is 0 Å². The lowest BCUT2D eigenvalue weighted by molar-refractivity contribution is 0.603. The zero-order valence-electron chi connectivity index (χ0n) is 13.4. The molecule has 0 aliphatic heterocycles. The molecule has 25 heavy (non-hydrogen) atoms. The molecule has 0 aliphatic carbocycles. The molecule has 3 rings (SSSR count). The maximum absolute atomic E-state index is 12.3. The van der Waals surface area contributed by atoms with E-state index in [1.807, 2.05) is 26.0 Å². The summed E-state index contributed by atoms with van der Waals surface area (Å²) >= 11 is 7.28. The van der Waals surface area contributed by atoms with E-state index in [2.05, 4.69) is 20.2 Å². The summed E-state index contributed by atoms with van der Waals surface area (Å²) in [5.41, 5.74) is 1.75. The fraction of sp³-hybridized carbons (Fsp3) is 0.125. The third-order valence-corrected chi connectivity index (χ3v) is 6.58. The van der Waals surface area contributed by atoms with E-state index in [9.17, 15) is 8.42 Å². The Labute approximate surface area is 154 Å². The standard InChI is InChI=1S/C16H15ClN4O2S2/c1-10-3-5-12(9-13(10)17)18-14-6-7-15(20-19-14)21-25(22,23)16-8-4-11(2)24-16/h3-9H,1-2H3,(H,18,19)(H,20,21). The summed E-state index contributed by atoms with van der Waals surface area (Å²) in [6.07, 6.45) is 0. The predicted octanol–water partition coefficient (Wildman–Crippen LogP) is 4.35. The van der Waals surface area contributed by atoms with Gasteiger partial charge in [-0.1, -0.05) is 17.7 Å². The Morgan fingerprint density at radius 1 is 1.00 bits per heavy atom. The first-order valence-corrected chi connectivity index (χ1v) is 9.97. The van der Waals surface area contributed by atoms with E-state index in [1.54, 1.807) is 30.3 Å². The van der Waals surface area contributed by atoms with Gasteiger partial charge in [0.1, 0.15) is 4.21 Å². The van der Waals surface area contributed by atoms with Crippen LogP contribution in [-0.2, 0) is 10.0 Å². The van der Waals surface area contributed by atoms with Crippen molar-refractivity contribution in [3.05, 3.63) is 57.9 Å². The topological polar surface area (TPSA) is 84.0 Å². The minimum Gasteiger partial charge on any atom is -0.339 e. The summed E-state index contributed by atoms with van der Waals surface area (Å²) in [5.74, 6) is 0.633. The highest BCUT2D eigenvalue weighted by Crippen LogP contribution is 2.24. The Morgan fingerprint density at radius 3 is 2.32 bits per heavy atom. The SMILES string of the molecule is Cc1ccc(S(=O)(=O)Nc2ccc(Nc3ccc(C)c(Cl)c3)nn2)s1. The fourth-order valence-electron chi connectivity index (χ4n) is 2.02. The molecule has 0 saturated carbocycles. The molecule has 3 aromatic rings. The Bertz CT molecular complexity index is 1000. The second-order valence-electron chi connectivity index (χ2n) is 5.36. The van der Waals surface area contributed by atoms with E-state index in [1.165, 1.54) is 11.3 Å². The summed E-state index contributed by atoms with van der Waals surface area (Å²) in [6, 6.07) is 12.1. The number of nitrogens with one attached hydrogen (secondary N) is 2. The summed E-state index contributed by atoms with van der Waals surface area (Å²) < 4.78 is 27.2. The van der Waals surface area contributed by atoms with Crippen molar-refractivity contribution in [2.24, 2.45) is 0 Å². The molecule has 2 heterocycles. The molecule has 0 spiro atoms. The maximum Gasteiger partial charge on any atom is 0.272 e. The fourth-order valence-corrected chi connectivity index (χ4v) is 4.48. The Hall–Kier alpha value is -2.16. The van der Waals surface area contributed by atoms with Gasteiger partial charge in [-0.15, -0.1) is 21.5 Å². The van der Waals surface area contributed by atoms with Gasteiger partial charge in [0.15, 0.2) is 11.6 Å². The van der Waals surface area contributed by atoms with Crippen molar-refractivity contribution in [1.29, 1.82) is 0 Å². The third-order valence-electron chi connectivity index (χ3n) is 3.33. The maximum atomic E-state index is 12.3. The smallest absolute Gasteiger partial charge is 0.272 e. The van der Waals surface area contributed by atoms with Gasteiger partial charge in [-0.25, -0.2) is 8.42 Å². The minimum absolute atomic E-state index is 0.151. The largest absolute Gasteiger partial charge is 0.339 e. The first-order chi connectivity index (χ1) is 11.8. The van der Waals surface area contributed by atoms with Crippen LogP contribution in [0.1, 0.15) is 10.4 Å². The van der Waals surface area contributed by atoms with Crippen molar-refractivity contribution in [2.45, 2.75) is 18.1 Å². The number of rotatable bonds is 5. The van der Waals surface area contributed by atoms with Crippen molar-refractivity contribution >= 4 is 50.3 Å². The zero-order chi connectivity index (χ0) is 18.0. The molecule has 6 nitrogen and oxygen atoms in total. The van der Waals surface area contributed by atoms with Crippen LogP contribution >= 0.6 is 22.9 Å². The third kappa shape index (κ3) is 4.28. The van der Waals surface area contributed by atoms with E-state index >= 15 is 0 Å². The van der Waals surface area contributed by atoms with Crippen molar-refractivity contribution in [1.82, 2.24) is 10.2 Å². The lowest BCUT2D eigenvalue weighted by Gasteiger charge is -2.08. The molecule has 9 heteroatoms. The number of hydrogen-bond acceptors (Lipinski definition) is 6. The number of nitrogens with zero attached hydrogens (tertiary/aromatic N) is 2. The summed E-state index contributed by atoms with van der Waals surface area (Å²) in [5, 5.41) is 11.6. The van der Waals surface area contributed by atoms with Crippen LogP contribution in [0.15, 0.2) is 46.7 Å². The molecule has 0 amide bonds. The predicted molar refractivity (Wildman–Crippen MR) is 101 cm³/mol. The van der Waals surface area contributed by atoms with Crippen molar-refractivity contribution < 1.29 is 8.42 Å². The average Bonchev–Trinajstić information content (AvgIpc) is 3.00. The highest BCUT2D eigenvalue weighted by molar-refractivity contribution is 7.94. The Balaban J connectivity index is 1.72. The van der Waals surface area contributed by atoms with E-state index < -0.39 is 10.0 Å². The molecule has 0 unspecified atom stereocenters. The summed E-state index contributed by atoms with van der Waals surface area (Å²) in [4.78, 5) is 0.919. The van der Waals surface area contributed by atoms with Gasteiger partial charge in [-0.3, -0.25) is 4.72 Å². The molecule has 0 radical (unpaired) electrons. The van der Waals surface area contributed by atoms with Crippen molar-refractivity contribution in [2.75, 3.05) is 10.0 Å². The Morgan fingerprint density at radius 2 is 1.72 bits per heavy atom. The van der Waals surface area contributed by atoms with Crippen molar-refractivity contribution in [3.8, 4) is 0 Å². The van der Waals surface area contributed by atoms with Gasteiger partial charge in [0, 0.05) is 15.6 Å². The lowest BCUT2D eigenvalue weighted by atomic mass is 10.2. The van der Waals surface area contributed by atoms with Gasteiger partial charge in [0.25, 0.3) is 10.0 Å². The van der Waals surface area contributed by atoms with Crippen LogP contribution in [0.5, 0.6) is 0 Å². The number of aryl methyl sites for hydroxylation is 2. The van der Waals surface area contributed by atoms with Crippen LogP contribution in [0.2, 0.25) is 5.02 Å². The van der Waals surface area contributed by atoms with Gasteiger partial charge < -0.3 is 5.32 Å². The van der Waals surface area contributed by atoms with Gasteiger partial charge in [-0.2, -0.15) is 0 Å². The van der Waals surface area contributed by atoms with E-state index in [-0.39, 0.29) is 10.0 Å². The van der Waals surface area contributed by atoms with Gasteiger partial charge >= 0.3 is 0 Å². The number of anilines is 3. The normalized spacial score (nSPS) is 11.3. The highest BCUT2D eigenvalue weighted by Gasteiger charge is 2.17. The molecule has 0 bridgehead atoms. The number of hydrogen-bond donors (Lipinski definition) is 2. The first kappa shape index (κ1) is 17.7. The molecule has 2 aromatic heterocycles. The number of sulfonamides is 1. The molecule has 1 aromatic carbocycles. The molecule has 130 valence electrons. The molecule has 0 aliphatic rings.